The van der Waals surface area contributed by atoms with E-state index >= 15 is 0 Å². The number of carboxylic acid groups (broad SMARTS) is 1. The van der Waals surface area contributed by atoms with Gasteiger partial charge >= 0.3 is 5.97 Å². The summed E-state index contributed by atoms with van der Waals surface area (Å²) in [6.07, 6.45) is 4.48. The Hall–Kier alpha value is -1.59. The maximum atomic E-state index is 12.6. The number of aliphatic carboxylic acids is 1. The highest BCUT2D eigenvalue weighted by atomic mass is 16.4. The largest absolute Gasteiger partial charge is 0.481 e. The Morgan fingerprint density at radius 3 is 2.29 bits per heavy atom. The maximum absolute atomic E-state index is 12.6. The lowest BCUT2D eigenvalue weighted by Crippen LogP contribution is -2.57. The molecule has 1 aliphatic carbocycles. The molecule has 0 aromatic rings. The van der Waals surface area contributed by atoms with Crippen LogP contribution in [0.5, 0.6) is 0 Å². The average molecular weight is 338 g/mol. The van der Waals surface area contributed by atoms with Gasteiger partial charge in [-0.05, 0) is 32.6 Å². The van der Waals surface area contributed by atoms with Crippen LogP contribution in [0.25, 0.3) is 0 Å². The number of nitrogens with one attached hydrogen (secondary N) is 1. The van der Waals surface area contributed by atoms with Crippen LogP contribution in [0.3, 0.4) is 0 Å². The van der Waals surface area contributed by atoms with Crippen molar-refractivity contribution in [1.82, 2.24) is 10.2 Å². The van der Waals surface area contributed by atoms with Gasteiger partial charge in [-0.15, -0.1) is 0 Å². The summed E-state index contributed by atoms with van der Waals surface area (Å²) in [7, 11) is 0. The number of likely N-dealkylation sites (tertiary alicyclic amines) is 1. The van der Waals surface area contributed by atoms with Gasteiger partial charge in [0, 0.05) is 24.9 Å². The van der Waals surface area contributed by atoms with Gasteiger partial charge in [0.05, 0.1) is 11.5 Å². The Labute approximate surface area is 144 Å². The number of carbonyl (C=O) groups is 3. The summed E-state index contributed by atoms with van der Waals surface area (Å²) in [5.74, 6) is -1.41. The Bertz CT molecular complexity index is 497. The molecule has 6 heteroatoms. The summed E-state index contributed by atoms with van der Waals surface area (Å²) in [5, 5.41) is 12.5. The molecule has 0 aromatic heterocycles. The van der Waals surface area contributed by atoms with Gasteiger partial charge in [-0.25, -0.2) is 0 Å². The molecule has 2 rings (SSSR count). The molecule has 1 aliphatic heterocycles. The quantitative estimate of drug-likeness (QED) is 0.821. The fourth-order valence-corrected chi connectivity index (χ4v) is 3.99. The number of carbonyl (C=O) groups excluding carboxylic acids is 2. The molecule has 0 aromatic carbocycles. The van der Waals surface area contributed by atoms with Crippen LogP contribution in [0, 0.1) is 17.8 Å². The molecule has 0 radical (unpaired) electrons. The molecule has 24 heavy (non-hydrogen) atoms. The molecular formula is C18H30N2O4. The van der Waals surface area contributed by atoms with Crippen LogP contribution in [-0.4, -0.2) is 46.4 Å². The minimum absolute atomic E-state index is 0.0205. The number of hydrogen-bond donors (Lipinski definition) is 2. The van der Waals surface area contributed by atoms with Crippen LogP contribution in [-0.2, 0) is 14.4 Å². The molecule has 0 bridgehead atoms. The lowest BCUT2D eigenvalue weighted by atomic mass is 9.73. The molecule has 2 atom stereocenters. The van der Waals surface area contributed by atoms with Crippen LogP contribution >= 0.6 is 0 Å². The molecule has 6 nitrogen and oxygen atoms in total. The van der Waals surface area contributed by atoms with Gasteiger partial charge in [0.1, 0.15) is 0 Å². The number of hydrogen-bond acceptors (Lipinski definition) is 3. The van der Waals surface area contributed by atoms with E-state index in [1.54, 1.807) is 0 Å². The molecule has 0 spiro atoms. The zero-order valence-electron chi connectivity index (χ0n) is 15.0. The van der Waals surface area contributed by atoms with E-state index in [2.05, 4.69) is 5.32 Å². The molecule has 1 heterocycles. The molecular weight excluding hydrogens is 308 g/mol. The first-order chi connectivity index (χ1) is 11.2. The number of rotatable bonds is 4. The monoisotopic (exact) mass is 338 g/mol. The third kappa shape index (κ3) is 4.08. The van der Waals surface area contributed by atoms with E-state index in [9.17, 15) is 19.5 Å². The van der Waals surface area contributed by atoms with E-state index in [-0.39, 0.29) is 23.7 Å². The summed E-state index contributed by atoms with van der Waals surface area (Å²) in [4.78, 5) is 38.0. The Morgan fingerprint density at radius 1 is 1.12 bits per heavy atom. The van der Waals surface area contributed by atoms with Crippen LogP contribution < -0.4 is 5.32 Å². The first-order valence-corrected chi connectivity index (χ1v) is 9.08. The van der Waals surface area contributed by atoms with Gasteiger partial charge in [0.2, 0.25) is 11.8 Å². The van der Waals surface area contributed by atoms with Crippen LogP contribution in [0.4, 0.5) is 0 Å². The third-order valence-electron chi connectivity index (χ3n) is 5.59. The summed E-state index contributed by atoms with van der Waals surface area (Å²) in [5.41, 5.74) is -0.661. The first kappa shape index (κ1) is 18.7. The predicted molar refractivity (Wildman–Crippen MR) is 90.3 cm³/mol. The number of piperidine rings is 1. The van der Waals surface area contributed by atoms with Gasteiger partial charge < -0.3 is 15.3 Å². The fraction of sp³-hybridized carbons (Fsp3) is 0.833. The maximum Gasteiger partial charge on any atom is 0.308 e. The van der Waals surface area contributed by atoms with E-state index in [0.29, 0.717) is 38.8 Å². The first-order valence-electron chi connectivity index (χ1n) is 9.08. The molecule has 2 aliphatic rings. The average Bonchev–Trinajstić information content (AvgIpc) is 2.53. The second-order valence-corrected chi connectivity index (χ2v) is 7.80. The van der Waals surface area contributed by atoms with E-state index in [4.69, 9.17) is 0 Å². The fourth-order valence-electron chi connectivity index (χ4n) is 3.99. The van der Waals surface area contributed by atoms with Crippen molar-refractivity contribution < 1.29 is 19.5 Å². The Morgan fingerprint density at radius 2 is 1.75 bits per heavy atom. The van der Waals surface area contributed by atoms with E-state index in [0.717, 1.165) is 12.8 Å². The Kier molecular flexibility index (Phi) is 5.88. The van der Waals surface area contributed by atoms with Gasteiger partial charge in [-0.1, -0.05) is 26.7 Å². The minimum Gasteiger partial charge on any atom is -0.481 e. The van der Waals surface area contributed by atoms with Crippen LogP contribution in [0.1, 0.15) is 59.3 Å². The molecule has 2 N–H and O–H groups in total. The van der Waals surface area contributed by atoms with Crippen molar-refractivity contribution in [2.45, 2.75) is 64.8 Å². The zero-order chi connectivity index (χ0) is 17.9. The predicted octanol–water partition coefficient (Wildman–Crippen LogP) is 2.03. The molecule has 1 saturated carbocycles. The van der Waals surface area contributed by atoms with Crippen LogP contribution in [0.15, 0.2) is 0 Å². The molecule has 0 unspecified atom stereocenters. The second kappa shape index (κ2) is 7.53. The molecule has 2 fully saturated rings. The van der Waals surface area contributed by atoms with Crippen molar-refractivity contribution in [3.8, 4) is 0 Å². The normalized spacial score (nSPS) is 28.7. The van der Waals surface area contributed by atoms with Gasteiger partial charge in [0.25, 0.3) is 0 Å². The van der Waals surface area contributed by atoms with Crippen molar-refractivity contribution >= 4 is 17.8 Å². The third-order valence-corrected chi connectivity index (χ3v) is 5.59. The molecule has 2 amide bonds. The smallest absolute Gasteiger partial charge is 0.308 e. The van der Waals surface area contributed by atoms with Crippen molar-refractivity contribution in [2.24, 2.45) is 17.8 Å². The summed E-state index contributed by atoms with van der Waals surface area (Å²) < 4.78 is 0. The highest BCUT2D eigenvalue weighted by Crippen LogP contribution is 2.34. The van der Waals surface area contributed by atoms with Crippen molar-refractivity contribution in [1.29, 1.82) is 0 Å². The summed E-state index contributed by atoms with van der Waals surface area (Å²) >= 11 is 0. The van der Waals surface area contributed by atoms with Gasteiger partial charge in [-0.2, -0.15) is 0 Å². The topological polar surface area (TPSA) is 86.7 Å². The number of amides is 2. The molecule has 136 valence electrons. The minimum atomic E-state index is -0.824. The van der Waals surface area contributed by atoms with Gasteiger partial charge in [0.15, 0.2) is 0 Å². The van der Waals surface area contributed by atoms with E-state index in [1.165, 1.54) is 0 Å². The SMILES string of the molecule is CC(C)C(=O)N1CCC(C(=O)N[C@]2(C)CCCC[C@@H]2C(=O)O)CC1. The van der Waals surface area contributed by atoms with Crippen molar-refractivity contribution in [3.05, 3.63) is 0 Å². The molecule has 1 saturated heterocycles. The number of nitrogens with zero attached hydrogens (tertiary/aromatic N) is 1. The summed E-state index contributed by atoms with van der Waals surface area (Å²) in [6.45, 7) is 6.84. The lowest BCUT2D eigenvalue weighted by molar-refractivity contribution is -0.147. The standard InChI is InChI=1S/C18H30N2O4/c1-12(2)16(22)20-10-7-13(8-11-20)15(21)19-18(3)9-5-4-6-14(18)17(23)24/h12-14H,4-11H2,1-3H3,(H,19,21)(H,23,24)/t14-,18-/m1/s1. The van der Waals surface area contributed by atoms with Gasteiger partial charge in [-0.3, -0.25) is 14.4 Å². The van der Waals surface area contributed by atoms with E-state index in [1.807, 2.05) is 25.7 Å². The Balaban J connectivity index is 1.93. The van der Waals surface area contributed by atoms with Crippen molar-refractivity contribution in [3.63, 3.8) is 0 Å². The zero-order valence-corrected chi connectivity index (χ0v) is 15.0. The highest BCUT2D eigenvalue weighted by molar-refractivity contribution is 5.82. The summed E-state index contributed by atoms with van der Waals surface area (Å²) in [6, 6.07) is 0. The van der Waals surface area contributed by atoms with Crippen LogP contribution in [0.2, 0.25) is 0 Å². The number of carboxylic acids is 1. The lowest BCUT2D eigenvalue weighted by Gasteiger charge is -2.41. The highest BCUT2D eigenvalue weighted by Gasteiger charge is 2.43. The van der Waals surface area contributed by atoms with E-state index < -0.39 is 17.4 Å². The second-order valence-electron chi connectivity index (χ2n) is 7.80. The van der Waals surface area contributed by atoms with Crippen molar-refractivity contribution in [2.75, 3.05) is 13.1 Å².